The van der Waals surface area contributed by atoms with Crippen LogP contribution in [0.5, 0.6) is 11.5 Å². The zero-order valence-corrected chi connectivity index (χ0v) is 17.2. The molecule has 9 heteroatoms. The second kappa shape index (κ2) is 9.39. The first-order valence-corrected chi connectivity index (χ1v) is 9.77. The van der Waals surface area contributed by atoms with E-state index in [0.29, 0.717) is 67.6 Å². The molecule has 9 nitrogen and oxygen atoms in total. The van der Waals surface area contributed by atoms with Gasteiger partial charge in [-0.05, 0) is 12.5 Å². The van der Waals surface area contributed by atoms with Crippen LogP contribution in [0.25, 0.3) is 10.9 Å². The molecule has 1 aliphatic heterocycles. The lowest BCUT2D eigenvalue weighted by Crippen LogP contribution is -2.28. The van der Waals surface area contributed by atoms with E-state index in [1.54, 1.807) is 12.1 Å². The normalized spacial score (nSPS) is 13.6. The van der Waals surface area contributed by atoms with Crippen molar-refractivity contribution in [2.24, 2.45) is 10.2 Å². The van der Waals surface area contributed by atoms with Crippen LogP contribution in [0.3, 0.4) is 0 Å². The molecule has 0 atom stereocenters. The van der Waals surface area contributed by atoms with Crippen LogP contribution in [0.15, 0.2) is 33.5 Å². The van der Waals surface area contributed by atoms with Crippen molar-refractivity contribution in [1.29, 1.82) is 0 Å². The highest BCUT2D eigenvalue weighted by Gasteiger charge is 2.38. The predicted molar refractivity (Wildman–Crippen MR) is 112 cm³/mol. The fraction of sp³-hybridized carbons (Fsp3) is 0.476. The minimum absolute atomic E-state index is 0.0732. The van der Waals surface area contributed by atoms with E-state index in [9.17, 15) is 9.59 Å². The Morgan fingerprint density at radius 1 is 1.23 bits per heavy atom. The molecule has 3 rings (SSSR count). The van der Waals surface area contributed by atoms with Crippen LogP contribution < -0.4 is 20.3 Å². The number of nitrogens with zero attached hydrogens (tertiary/aromatic N) is 4. The summed E-state index contributed by atoms with van der Waals surface area (Å²) < 4.78 is 12.0. The van der Waals surface area contributed by atoms with Crippen molar-refractivity contribution in [2.45, 2.75) is 44.3 Å². The van der Waals surface area contributed by atoms with Crippen molar-refractivity contribution in [3.63, 3.8) is 0 Å². The van der Waals surface area contributed by atoms with Crippen LogP contribution in [-0.2, 0) is 11.3 Å². The summed E-state index contributed by atoms with van der Waals surface area (Å²) >= 11 is 0. The summed E-state index contributed by atoms with van der Waals surface area (Å²) in [5, 5.41) is 11.4. The quantitative estimate of drug-likeness (QED) is 0.571. The Morgan fingerprint density at radius 2 is 1.97 bits per heavy atom. The molecule has 0 bridgehead atoms. The minimum atomic E-state index is -0.395. The van der Waals surface area contributed by atoms with E-state index in [1.807, 2.05) is 0 Å². The third-order valence-corrected chi connectivity index (χ3v) is 5.03. The van der Waals surface area contributed by atoms with E-state index < -0.39 is 5.66 Å². The Labute approximate surface area is 174 Å². The lowest BCUT2D eigenvalue weighted by atomic mass is 10.0. The topological polar surface area (TPSA) is 107 Å². The number of aromatic nitrogens is 2. The van der Waals surface area contributed by atoms with Crippen LogP contribution in [0.4, 0.5) is 0 Å². The van der Waals surface area contributed by atoms with E-state index >= 15 is 0 Å². The fourth-order valence-electron chi connectivity index (χ4n) is 3.21. The average molecular weight is 411 g/mol. The number of terminal acetylenes is 1. The van der Waals surface area contributed by atoms with Crippen LogP contribution >= 0.6 is 0 Å². The number of carbonyl (C=O) groups excluding carboxylic acids is 1. The summed E-state index contributed by atoms with van der Waals surface area (Å²) in [5.41, 5.74) is -0.0527. The zero-order valence-electron chi connectivity index (χ0n) is 17.2. The highest BCUT2D eigenvalue weighted by atomic mass is 16.5. The van der Waals surface area contributed by atoms with Gasteiger partial charge in [0.15, 0.2) is 17.2 Å². The number of nitrogens with one attached hydrogen (secondary N) is 1. The molecule has 0 aliphatic carbocycles. The van der Waals surface area contributed by atoms with Gasteiger partial charge in [-0.1, -0.05) is 0 Å². The Kier molecular flexibility index (Phi) is 6.67. The Hall–Kier alpha value is -3.41. The fourth-order valence-corrected chi connectivity index (χ4v) is 3.21. The summed E-state index contributed by atoms with van der Waals surface area (Å²) in [6.45, 7) is 0.885. The summed E-state index contributed by atoms with van der Waals surface area (Å²) in [7, 11) is 3.04. The second-order valence-electron chi connectivity index (χ2n) is 7.06. The number of rotatable bonds is 11. The van der Waals surface area contributed by atoms with Gasteiger partial charge in [0.25, 0.3) is 5.56 Å². The highest BCUT2D eigenvalue weighted by Crippen LogP contribution is 2.36. The maximum Gasteiger partial charge on any atom is 0.261 e. The predicted octanol–water partition coefficient (Wildman–Crippen LogP) is 2.28. The van der Waals surface area contributed by atoms with Gasteiger partial charge in [0.05, 0.1) is 31.4 Å². The van der Waals surface area contributed by atoms with Gasteiger partial charge < -0.3 is 14.8 Å². The number of aryl methyl sites for hydroxylation is 1. The molecule has 158 valence electrons. The molecular formula is C21H25N5O4. The molecule has 1 N–H and O–H groups in total. The van der Waals surface area contributed by atoms with Gasteiger partial charge in [-0.2, -0.15) is 10.2 Å². The lowest BCUT2D eigenvalue weighted by Gasteiger charge is -2.11. The molecule has 0 unspecified atom stereocenters. The van der Waals surface area contributed by atoms with Crippen molar-refractivity contribution in [2.75, 3.05) is 20.8 Å². The number of amides is 1. The number of benzene rings is 1. The molecule has 0 radical (unpaired) electrons. The minimum Gasteiger partial charge on any atom is -0.493 e. The molecule has 30 heavy (non-hydrogen) atoms. The molecule has 2 heterocycles. The number of methoxy groups -OCH3 is 2. The highest BCUT2D eigenvalue weighted by molar-refractivity contribution is 5.81. The second-order valence-corrected chi connectivity index (χ2v) is 7.06. The molecule has 1 aromatic carbocycles. The van der Waals surface area contributed by atoms with Gasteiger partial charge in [0.1, 0.15) is 0 Å². The van der Waals surface area contributed by atoms with Crippen molar-refractivity contribution in [3.05, 3.63) is 28.8 Å². The van der Waals surface area contributed by atoms with E-state index in [2.05, 4.69) is 26.4 Å². The van der Waals surface area contributed by atoms with Crippen LogP contribution in [-0.4, -0.2) is 41.9 Å². The van der Waals surface area contributed by atoms with Gasteiger partial charge >= 0.3 is 0 Å². The Bertz CT molecular complexity index is 1050. The number of hydrogen-bond acceptors (Lipinski definition) is 7. The largest absolute Gasteiger partial charge is 0.493 e. The maximum absolute atomic E-state index is 12.7. The molecule has 2 aromatic rings. The summed E-state index contributed by atoms with van der Waals surface area (Å²) in [6, 6.07) is 3.29. The van der Waals surface area contributed by atoms with Gasteiger partial charge in [-0.25, -0.2) is 4.98 Å². The van der Waals surface area contributed by atoms with Crippen molar-refractivity contribution >= 4 is 16.8 Å². The van der Waals surface area contributed by atoms with E-state index in [-0.39, 0.29) is 11.5 Å². The third-order valence-electron chi connectivity index (χ3n) is 5.03. The number of fused-ring (bicyclic) bond motifs is 1. The lowest BCUT2D eigenvalue weighted by molar-refractivity contribution is -0.121. The number of ether oxygens (including phenoxy) is 2. The summed E-state index contributed by atoms with van der Waals surface area (Å²) in [5.74, 6) is 3.49. The molecular weight excluding hydrogens is 386 g/mol. The summed E-state index contributed by atoms with van der Waals surface area (Å²) in [4.78, 5) is 29.1. The van der Waals surface area contributed by atoms with Gasteiger partial charge in [0.2, 0.25) is 5.91 Å². The van der Waals surface area contributed by atoms with E-state index in [1.165, 1.54) is 25.1 Å². The van der Waals surface area contributed by atoms with Crippen molar-refractivity contribution in [3.8, 4) is 23.8 Å². The average Bonchev–Trinajstić information content (AvgIpc) is 3.53. The molecule has 0 saturated heterocycles. The van der Waals surface area contributed by atoms with Crippen molar-refractivity contribution < 1.29 is 14.3 Å². The van der Waals surface area contributed by atoms with E-state index in [0.717, 1.165) is 0 Å². The van der Waals surface area contributed by atoms with Crippen LogP contribution in [0.2, 0.25) is 0 Å². The molecule has 1 aromatic heterocycles. The molecule has 1 amide bonds. The molecule has 0 spiro atoms. The van der Waals surface area contributed by atoms with Gasteiger partial charge in [-0.15, -0.1) is 12.3 Å². The first-order valence-electron chi connectivity index (χ1n) is 9.77. The maximum atomic E-state index is 12.7. The summed E-state index contributed by atoms with van der Waals surface area (Å²) in [6.07, 6.45) is 9.57. The van der Waals surface area contributed by atoms with E-state index in [4.69, 9.17) is 15.9 Å². The number of carbonyl (C=O) groups is 1. The molecule has 0 saturated carbocycles. The monoisotopic (exact) mass is 411 g/mol. The Morgan fingerprint density at radius 3 is 2.63 bits per heavy atom. The first kappa shape index (κ1) is 21.3. The van der Waals surface area contributed by atoms with Crippen molar-refractivity contribution in [1.82, 2.24) is 14.9 Å². The van der Waals surface area contributed by atoms with Gasteiger partial charge in [0, 0.05) is 44.8 Å². The van der Waals surface area contributed by atoms with Crippen LogP contribution in [0, 0.1) is 12.3 Å². The smallest absolute Gasteiger partial charge is 0.261 e. The Balaban J connectivity index is 1.51. The standard InChI is InChI=1S/C21H25N5O4/c1-4-5-8-21(24-25-21)9-10-22-19(27)7-6-11-26-14-23-16-13-18(30-3)17(29-2)12-15(16)20(26)28/h1,12-14H,5-11H2,2-3H3,(H,22,27). The molecule has 1 aliphatic rings. The van der Waals surface area contributed by atoms with Crippen LogP contribution in [0.1, 0.15) is 32.1 Å². The zero-order chi connectivity index (χ0) is 21.6. The first-order chi connectivity index (χ1) is 14.5. The number of hydrogen-bond donors (Lipinski definition) is 1. The molecule has 0 fully saturated rings. The SMILES string of the molecule is C#CCCC1(CCNC(=O)CCCn2cnc3cc(OC)c(OC)cc3c2=O)N=N1. The van der Waals surface area contributed by atoms with Gasteiger partial charge in [-0.3, -0.25) is 14.2 Å². The third kappa shape index (κ3) is 4.95.